The van der Waals surface area contributed by atoms with Crippen LogP contribution in [-0.4, -0.2) is 86.1 Å². The number of likely N-dealkylation sites (tertiary alicyclic amines) is 2. The first-order chi connectivity index (χ1) is 19.5. The van der Waals surface area contributed by atoms with Crippen LogP contribution in [0.5, 0.6) is 0 Å². The van der Waals surface area contributed by atoms with Gasteiger partial charge in [-0.25, -0.2) is 9.59 Å². The molecule has 11 heteroatoms. The highest BCUT2D eigenvalue weighted by Gasteiger charge is 2.29. The van der Waals surface area contributed by atoms with Crippen LogP contribution >= 0.6 is 0 Å². The Bertz CT molecular complexity index is 1050. The zero-order valence-electron chi connectivity index (χ0n) is 27.1. The number of carbonyl (C=O) groups excluding carboxylic acids is 2. The van der Waals surface area contributed by atoms with Gasteiger partial charge in [-0.05, 0) is 98.1 Å². The van der Waals surface area contributed by atoms with E-state index in [0.717, 1.165) is 18.4 Å². The Morgan fingerprint density at radius 2 is 1.17 bits per heavy atom. The molecule has 2 saturated heterocycles. The Morgan fingerprint density at radius 3 is 1.52 bits per heavy atom. The molecule has 1 N–H and O–H groups in total. The molecule has 0 radical (unpaired) electrons. The monoisotopic (exact) mass is 614 g/mol. The number of amides is 2. The van der Waals surface area contributed by atoms with Crippen LogP contribution in [0.15, 0.2) is 29.2 Å². The number of ether oxygens (including phenoxy) is 2. The van der Waals surface area contributed by atoms with Crippen LogP contribution in [0.1, 0.15) is 86.6 Å². The van der Waals surface area contributed by atoms with E-state index in [1.807, 2.05) is 62.3 Å². The Hall–Kier alpha value is -2.37. The van der Waals surface area contributed by atoms with Crippen LogP contribution in [0, 0.1) is 18.8 Å². The van der Waals surface area contributed by atoms with E-state index in [1.165, 1.54) is 0 Å². The summed E-state index contributed by atoms with van der Waals surface area (Å²) in [6, 6.07) is 6.59. The van der Waals surface area contributed by atoms with Gasteiger partial charge in [-0.15, -0.1) is 0 Å². The van der Waals surface area contributed by atoms with Crippen LogP contribution < -0.4 is 0 Å². The number of carbonyl (C=O) groups is 2. The summed E-state index contributed by atoms with van der Waals surface area (Å²) in [7, 11) is -3.74. The van der Waals surface area contributed by atoms with E-state index in [1.54, 1.807) is 34.1 Å². The second-order valence-electron chi connectivity index (χ2n) is 12.6. The van der Waals surface area contributed by atoms with Crippen molar-refractivity contribution in [2.24, 2.45) is 11.8 Å². The first-order valence-corrected chi connectivity index (χ1v) is 16.4. The molecule has 2 aliphatic heterocycles. The number of nitrogens with zero attached hydrogens (tertiary/aromatic N) is 2. The van der Waals surface area contributed by atoms with E-state index in [9.17, 15) is 18.0 Å². The molecule has 1 aromatic rings. The topological polar surface area (TPSA) is 123 Å². The predicted octanol–water partition coefficient (Wildman–Crippen LogP) is 6.00. The van der Waals surface area contributed by atoms with Crippen LogP contribution in [0.25, 0.3) is 0 Å². The maximum Gasteiger partial charge on any atom is 0.410 e. The molecule has 2 amide bonds. The Balaban J connectivity index is 0.000000443. The van der Waals surface area contributed by atoms with Crippen molar-refractivity contribution in [2.45, 2.75) is 104 Å². The quantitative estimate of drug-likeness (QED) is 0.401. The molecule has 3 rings (SSSR count). The van der Waals surface area contributed by atoms with Gasteiger partial charge in [0.1, 0.15) is 11.2 Å². The van der Waals surface area contributed by atoms with E-state index in [-0.39, 0.29) is 36.2 Å². The number of benzene rings is 1. The standard InChI is InChI=1S/C18H27NO5S.C11H21NO3.C2H6/c1-14-5-7-16(8-6-14)25(21,22)23-13-15-9-11-19(12-10-15)17(20)24-18(2,3)4;1-11(2,3)15-10(14)12-6-4-9(8-13)5-7-12;1-2/h5-8,15H,9-13H2,1-4H3;9,13H,4-8H2,1-3H3;1-2H3. The Labute approximate surface area is 253 Å². The molecule has 0 bridgehead atoms. The summed E-state index contributed by atoms with van der Waals surface area (Å²) in [5.74, 6) is 0.461. The zero-order valence-corrected chi connectivity index (χ0v) is 28.0. The molecule has 2 heterocycles. The molecule has 0 unspecified atom stereocenters. The smallest absolute Gasteiger partial charge is 0.410 e. The molecule has 2 aliphatic rings. The third-order valence-corrected chi connectivity index (χ3v) is 7.86. The van der Waals surface area contributed by atoms with Gasteiger partial charge in [0.25, 0.3) is 10.1 Å². The summed E-state index contributed by atoms with van der Waals surface area (Å²) in [6.45, 7) is 19.9. The maximum absolute atomic E-state index is 12.2. The molecule has 242 valence electrons. The Kier molecular flexibility index (Phi) is 15.3. The fourth-order valence-corrected chi connectivity index (χ4v) is 5.17. The van der Waals surface area contributed by atoms with Gasteiger partial charge < -0.3 is 24.4 Å². The van der Waals surface area contributed by atoms with Gasteiger partial charge in [-0.1, -0.05) is 31.5 Å². The van der Waals surface area contributed by atoms with Crippen molar-refractivity contribution in [3.63, 3.8) is 0 Å². The second kappa shape index (κ2) is 17.1. The van der Waals surface area contributed by atoms with E-state index >= 15 is 0 Å². The third kappa shape index (κ3) is 14.2. The second-order valence-corrected chi connectivity index (χ2v) is 14.2. The van der Waals surface area contributed by atoms with E-state index < -0.39 is 21.3 Å². The summed E-state index contributed by atoms with van der Waals surface area (Å²) in [6.07, 6.45) is 2.58. The minimum Gasteiger partial charge on any atom is -0.444 e. The summed E-state index contributed by atoms with van der Waals surface area (Å²) in [5, 5.41) is 8.97. The SMILES string of the molecule is CC.CC(C)(C)OC(=O)N1CCC(CO)CC1.Cc1ccc(S(=O)(=O)OCC2CCN(C(=O)OC(C)(C)C)CC2)cc1. The van der Waals surface area contributed by atoms with Gasteiger partial charge >= 0.3 is 12.2 Å². The average Bonchev–Trinajstić information content (AvgIpc) is 2.92. The molecule has 0 atom stereocenters. The number of rotatable bonds is 5. The highest BCUT2D eigenvalue weighted by Crippen LogP contribution is 2.22. The summed E-state index contributed by atoms with van der Waals surface area (Å²) < 4.78 is 40.3. The number of aliphatic hydroxyl groups excluding tert-OH is 1. The van der Waals surface area contributed by atoms with E-state index in [0.29, 0.717) is 44.9 Å². The minimum absolute atomic E-state index is 0.110. The third-order valence-electron chi connectivity index (χ3n) is 6.56. The number of aliphatic hydroxyl groups is 1. The van der Waals surface area contributed by atoms with Crippen molar-refractivity contribution in [3.8, 4) is 0 Å². The highest BCUT2D eigenvalue weighted by atomic mass is 32.2. The molecule has 0 saturated carbocycles. The lowest BCUT2D eigenvalue weighted by Gasteiger charge is -2.33. The van der Waals surface area contributed by atoms with Gasteiger partial charge in [0.15, 0.2) is 0 Å². The zero-order chi connectivity index (χ0) is 32.1. The molecule has 0 spiro atoms. The number of hydrogen-bond acceptors (Lipinski definition) is 8. The minimum atomic E-state index is -3.74. The molecule has 0 aromatic heterocycles. The van der Waals surface area contributed by atoms with Crippen molar-refractivity contribution < 1.29 is 36.8 Å². The largest absolute Gasteiger partial charge is 0.444 e. The molecular formula is C31H54N2O8S. The van der Waals surface area contributed by atoms with Crippen molar-refractivity contribution in [3.05, 3.63) is 29.8 Å². The lowest BCUT2D eigenvalue weighted by molar-refractivity contribution is 0.0152. The van der Waals surface area contributed by atoms with Gasteiger partial charge in [0, 0.05) is 32.8 Å². The first kappa shape index (κ1) is 37.7. The fraction of sp³-hybridized carbons (Fsp3) is 0.742. The van der Waals surface area contributed by atoms with E-state index in [2.05, 4.69) is 0 Å². The number of aryl methyl sites for hydroxylation is 1. The van der Waals surface area contributed by atoms with Crippen LogP contribution in [-0.2, 0) is 23.8 Å². The van der Waals surface area contributed by atoms with Crippen LogP contribution in [0.3, 0.4) is 0 Å². The normalized spacial score (nSPS) is 16.9. The summed E-state index contributed by atoms with van der Waals surface area (Å²) in [4.78, 5) is 27.2. The van der Waals surface area contributed by atoms with Crippen molar-refractivity contribution in [1.82, 2.24) is 9.80 Å². The van der Waals surface area contributed by atoms with Crippen molar-refractivity contribution in [2.75, 3.05) is 39.4 Å². The lowest BCUT2D eigenvalue weighted by Crippen LogP contribution is -2.42. The highest BCUT2D eigenvalue weighted by molar-refractivity contribution is 7.86. The van der Waals surface area contributed by atoms with Gasteiger partial charge in [0.05, 0.1) is 11.5 Å². The van der Waals surface area contributed by atoms with Gasteiger partial charge in [-0.2, -0.15) is 8.42 Å². The van der Waals surface area contributed by atoms with Crippen LogP contribution in [0.2, 0.25) is 0 Å². The molecule has 2 fully saturated rings. The predicted molar refractivity (Wildman–Crippen MR) is 164 cm³/mol. The maximum atomic E-state index is 12.2. The first-order valence-electron chi connectivity index (χ1n) is 15.0. The molecule has 0 aliphatic carbocycles. The van der Waals surface area contributed by atoms with Crippen LogP contribution in [0.4, 0.5) is 9.59 Å². The Morgan fingerprint density at radius 1 is 0.786 bits per heavy atom. The number of hydrogen-bond donors (Lipinski definition) is 1. The van der Waals surface area contributed by atoms with Crippen molar-refractivity contribution >= 4 is 22.3 Å². The van der Waals surface area contributed by atoms with Gasteiger partial charge in [-0.3, -0.25) is 4.18 Å². The fourth-order valence-electron chi connectivity index (χ4n) is 4.19. The summed E-state index contributed by atoms with van der Waals surface area (Å²) >= 11 is 0. The van der Waals surface area contributed by atoms with E-state index in [4.69, 9.17) is 18.8 Å². The number of piperidine rings is 2. The lowest BCUT2D eigenvalue weighted by atomic mass is 9.98. The molecule has 1 aromatic carbocycles. The molecule has 10 nitrogen and oxygen atoms in total. The average molecular weight is 615 g/mol. The van der Waals surface area contributed by atoms with Crippen molar-refractivity contribution in [1.29, 1.82) is 0 Å². The molecular weight excluding hydrogens is 560 g/mol. The summed E-state index contributed by atoms with van der Waals surface area (Å²) in [5.41, 5.74) is 0.0535. The van der Waals surface area contributed by atoms with Gasteiger partial charge in [0.2, 0.25) is 0 Å². The molecule has 42 heavy (non-hydrogen) atoms.